The van der Waals surface area contributed by atoms with Crippen molar-refractivity contribution in [3.63, 3.8) is 0 Å². The minimum Gasteiger partial charge on any atom is -0.311 e. The van der Waals surface area contributed by atoms with Gasteiger partial charge in [0.15, 0.2) is 0 Å². The highest BCUT2D eigenvalue weighted by molar-refractivity contribution is 7.03. The van der Waals surface area contributed by atoms with E-state index in [0.717, 1.165) is 117 Å². The summed E-state index contributed by atoms with van der Waals surface area (Å²) in [6.07, 6.45) is 4.52. The first-order chi connectivity index (χ1) is 49.6. The molecule has 6 aliphatic rings. The third-order valence-corrected chi connectivity index (χ3v) is 24.6. The van der Waals surface area contributed by atoms with E-state index >= 15 is 0 Å². The summed E-state index contributed by atoms with van der Waals surface area (Å²) >= 11 is 0. The van der Waals surface area contributed by atoms with Gasteiger partial charge in [-0.2, -0.15) is 0 Å². The molecular weight excluding hydrogens is 1240 g/mol. The van der Waals surface area contributed by atoms with Gasteiger partial charge in [-0.05, 0) is 193 Å². The zero-order valence-corrected chi connectivity index (χ0v) is 59.0. The zero-order chi connectivity index (χ0) is 68.4. The Kier molecular flexibility index (Phi) is 12.3. The Morgan fingerprint density at radius 2 is 0.598 bits per heavy atom. The summed E-state index contributed by atoms with van der Waals surface area (Å²) in [7, 11) is 0. The molecule has 490 valence electrons. The predicted molar refractivity (Wildman–Crippen MR) is 429 cm³/mol. The molecule has 15 aromatic rings. The molecule has 0 unspecified atom stereocenters. The van der Waals surface area contributed by atoms with Crippen molar-refractivity contribution >= 4 is 158 Å². The molecule has 0 bridgehead atoms. The van der Waals surface area contributed by atoms with Gasteiger partial charge >= 0.3 is 0 Å². The van der Waals surface area contributed by atoms with Gasteiger partial charge in [-0.1, -0.05) is 219 Å². The molecule has 0 N–H and O–H groups in total. The number of fused-ring (bicyclic) bond motifs is 16. The van der Waals surface area contributed by atoms with Crippen LogP contribution in [0.2, 0.25) is 0 Å². The van der Waals surface area contributed by atoms with Crippen LogP contribution >= 0.6 is 0 Å². The lowest BCUT2D eigenvalue weighted by Gasteiger charge is -2.47. The summed E-state index contributed by atoms with van der Waals surface area (Å²) in [6, 6.07) is 101. The maximum atomic E-state index is 6.22. The molecule has 0 atom stereocenters. The van der Waals surface area contributed by atoms with Crippen molar-refractivity contribution in [2.24, 2.45) is 0 Å². The Labute approximate surface area is 596 Å². The van der Waals surface area contributed by atoms with Crippen LogP contribution in [0.1, 0.15) is 103 Å². The van der Waals surface area contributed by atoms with E-state index in [2.05, 4.69) is 351 Å². The van der Waals surface area contributed by atoms with E-state index in [0.29, 0.717) is 0 Å². The Balaban J connectivity index is 0.882. The highest BCUT2D eigenvalue weighted by Crippen LogP contribution is 2.54. The molecule has 0 saturated heterocycles. The largest absolute Gasteiger partial charge is 0.311 e. The van der Waals surface area contributed by atoms with Crippen molar-refractivity contribution in [1.82, 2.24) is 19.1 Å². The van der Waals surface area contributed by atoms with E-state index in [9.17, 15) is 0 Å². The van der Waals surface area contributed by atoms with E-state index in [1.165, 1.54) is 88.0 Å². The van der Waals surface area contributed by atoms with E-state index < -0.39 is 0 Å². The lowest BCUT2D eigenvalue weighted by atomic mass is 9.30. The summed E-state index contributed by atoms with van der Waals surface area (Å²) < 4.78 is 4.84. The molecule has 4 aromatic heterocycles. The van der Waals surface area contributed by atoms with E-state index in [-0.39, 0.29) is 35.1 Å². The molecule has 10 heteroatoms. The average molecular weight is 1320 g/mol. The molecule has 102 heavy (non-hydrogen) atoms. The fourth-order valence-electron chi connectivity index (χ4n) is 19.3. The molecule has 8 nitrogen and oxygen atoms in total. The number of hydrogen-bond acceptors (Lipinski definition) is 6. The minimum atomic E-state index is -0.240. The number of para-hydroxylation sites is 8. The SMILES string of the molecule is CC1(C)CCC(C)(C)c2cc(N3c4ccccc4B4c5cc6c(cc5N(c5ccccc5)c5nc(-n7c8ccccc8c8ccccc87)cc3c54)N(c3ccccc3)c3nc(-n4c5ccccc5c5ccccc54)cc4c3B6c3ccccc3N4c3ccc4c(c3)C(C)(C)CCC4(C)C)ccc21. The molecule has 11 aromatic carbocycles. The molecule has 21 rings (SSSR count). The summed E-state index contributed by atoms with van der Waals surface area (Å²) in [6.45, 7) is 19.1. The van der Waals surface area contributed by atoms with Gasteiger partial charge in [0, 0.05) is 90.6 Å². The molecule has 2 aliphatic carbocycles. The summed E-state index contributed by atoms with van der Waals surface area (Å²) in [5.74, 6) is 3.52. The van der Waals surface area contributed by atoms with Crippen LogP contribution in [-0.4, -0.2) is 32.5 Å². The molecule has 8 heterocycles. The normalized spacial score (nSPS) is 16.7. The topological polar surface area (TPSA) is 48.6 Å². The second-order valence-corrected chi connectivity index (χ2v) is 32.2. The monoisotopic (exact) mass is 1310 g/mol. The number of pyridine rings is 2. The molecule has 0 amide bonds. The predicted octanol–water partition coefficient (Wildman–Crippen LogP) is 19.5. The first-order valence-electron chi connectivity index (χ1n) is 36.6. The number of rotatable bonds is 6. The Morgan fingerprint density at radius 3 is 0.980 bits per heavy atom. The molecule has 0 fully saturated rings. The summed E-state index contributed by atoms with van der Waals surface area (Å²) in [5, 5.41) is 4.78. The van der Waals surface area contributed by atoms with Crippen molar-refractivity contribution in [2.45, 2.75) is 103 Å². The van der Waals surface area contributed by atoms with Crippen molar-refractivity contribution in [3.8, 4) is 11.6 Å². The first kappa shape index (κ1) is 59.5. The van der Waals surface area contributed by atoms with Crippen molar-refractivity contribution in [3.05, 3.63) is 289 Å². The lowest BCUT2D eigenvalue weighted by Crippen LogP contribution is -2.65. The third-order valence-electron chi connectivity index (χ3n) is 24.6. The Morgan fingerprint density at radius 1 is 0.265 bits per heavy atom. The fraction of sp³-hybridized carbons (Fsp3) is 0.174. The van der Waals surface area contributed by atoms with Gasteiger partial charge in [-0.15, -0.1) is 0 Å². The first-order valence-corrected chi connectivity index (χ1v) is 36.6. The van der Waals surface area contributed by atoms with E-state index in [1.807, 2.05) is 0 Å². The maximum absolute atomic E-state index is 6.22. The van der Waals surface area contributed by atoms with Gasteiger partial charge < -0.3 is 9.80 Å². The van der Waals surface area contributed by atoms with Gasteiger partial charge in [0.1, 0.15) is 23.3 Å². The number of benzene rings is 11. The lowest BCUT2D eigenvalue weighted by molar-refractivity contribution is 0.332. The van der Waals surface area contributed by atoms with Gasteiger partial charge in [-0.3, -0.25) is 18.9 Å². The highest BCUT2D eigenvalue weighted by atomic mass is 15.3. The van der Waals surface area contributed by atoms with Crippen LogP contribution < -0.4 is 52.4 Å². The van der Waals surface area contributed by atoms with Gasteiger partial charge in [0.05, 0.1) is 22.1 Å². The maximum Gasteiger partial charge on any atom is 0.254 e. The number of aromatic nitrogens is 4. The summed E-state index contributed by atoms with van der Waals surface area (Å²) in [4.78, 5) is 22.7. The Hall–Kier alpha value is -11.4. The number of nitrogens with zero attached hydrogens (tertiary/aromatic N) is 8. The highest BCUT2D eigenvalue weighted by Gasteiger charge is 2.51. The standard InChI is InChI=1S/C92H76B2N8/c1-89(2)47-49-91(5,6)67-51-59(43-45-65(67)89)97-77-41-25-19-35-69(77)93-71-53-72-80(54-79(71)99(57-27-11-9-12-28-57)87-85(93)81(97)55-83(95-87)101-73-37-21-15-31-61(73)62-32-16-22-38-74(62)101)100(58-29-13-10-14-30-58)88-86-82(56-84(96-88)102-75-39-23-17-33-63(75)64-34-18-24-40-76(64)102)98(78-42-26-20-36-70(78)94(72)86)60-44-46-66-68(52-60)92(7,8)50-48-90(66,3)4/h9-46,51-56H,47-50H2,1-8H3. The van der Waals surface area contributed by atoms with Crippen LogP contribution in [0.5, 0.6) is 0 Å². The number of anilines is 12. The van der Waals surface area contributed by atoms with Gasteiger partial charge in [0.25, 0.3) is 13.4 Å². The van der Waals surface area contributed by atoms with Crippen LogP contribution in [0.25, 0.3) is 55.2 Å². The zero-order valence-electron chi connectivity index (χ0n) is 59.0. The quantitative estimate of drug-likeness (QED) is 0.155. The van der Waals surface area contributed by atoms with Crippen molar-refractivity contribution in [2.75, 3.05) is 19.6 Å². The number of hydrogen-bond donors (Lipinski definition) is 0. The van der Waals surface area contributed by atoms with Crippen LogP contribution in [-0.2, 0) is 21.7 Å². The van der Waals surface area contributed by atoms with E-state index in [4.69, 9.17) is 9.97 Å². The van der Waals surface area contributed by atoms with Crippen molar-refractivity contribution < 1.29 is 0 Å². The minimum absolute atomic E-state index is 0.0235. The van der Waals surface area contributed by atoms with Gasteiger partial charge in [0.2, 0.25) is 0 Å². The second kappa shape index (κ2) is 21.1. The van der Waals surface area contributed by atoms with Crippen LogP contribution in [0, 0.1) is 0 Å². The average Bonchev–Trinajstić information content (AvgIpc) is 1.05. The fourth-order valence-corrected chi connectivity index (χ4v) is 19.3. The van der Waals surface area contributed by atoms with Crippen LogP contribution in [0.4, 0.5) is 68.5 Å². The molecule has 0 spiro atoms. The Bertz CT molecular complexity index is 5630. The summed E-state index contributed by atoms with van der Waals surface area (Å²) in [5.41, 5.74) is 28.6. The second-order valence-electron chi connectivity index (χ2n) is 32.2. The molecule has 4 aliphatic heterocycles. The third kappa shape index (κ3) is 8.29. The van der Waals surface area contributed by atoms with Crippen molar-refractivity contribution in [1.29, 1.82) is 0 Å². The van der Waals surface area contributed by atoms with Crippen LogP contribution in [0.3, 0.4) is 0 Å². The molecule has 0 radical (unpaired) electrons. The van der Waals surface area contributed by atoms with Gasteiger partial charge in [-0.25, -0.2) is 9.97 Å². The molecule has 0 saturated carbocycles. The smallest absolute Gasteiger partial charge is 0.254 e. The van der Waals surface area contributed by atoms with E-state index in [1.54, 1.807) is 0 Å². The molecular formula is C92H76B2N8. The van der Waals surface area contributed by atoms with Crippen LogP contribution in [0.15, 0.2) is 267 Å².